The highest BCUT2D eigenvalue weighted by Crippen LogP contribution is 2.39. The highest BCUT2D eigenvalue weighted by molar-refractivity contribution is 6.07. The Morgan fingerprint density at radius 2 is 1.55 bits per heavy atom. The van der Waals surface area contributed by atoms with Crippen LogP contribution in [0.2, 0.25) is 0 Å². The number of likely N-dealkylation sites (N-methyl/N-ethyl adjacent to an activating group) is 1. The average Bonchev–Trinajstić information content (AvgIpc) is 3.19. The molecule has 2 atom stereocenters. The minimum absolute atomic E-state index is 0.0279. The predicted octanol–water partition coefficient (Wildman–Crippen LogP) is 5.97. The van der Waals surface area contributed by atoms with Crippen molar-refractivity contribution in [1.82, 2.24) is 15.1 Å². The van der Waals surface area contributed by atoms with Gasteiger partial charge in [-0.1, -0.05) is 55.5 Å². The summed E-state index contributed by atoms with van der Waals surface area (Å²) in [5.41, 5.74) is 4.70. The van der Waals surface area contributed by atoms with E-state index in [0.29, 0.717) is 17.8 Å². The molecule has 0 saturated carbocycles. The number of aliphatic imine (C=N–C) groups is 1. The van der Waals surface area contributed by atoms with E-state index in [0.717, 1.165) is 74.8 Å². The van der Waals surface area contributed by atoms with Crippen LogP contribution in [0.4, 0.5) is 20.2 Å². The van der Waals surface area contributed by atoms with Crippen molar-refractivity contribution in [2.75, 3.05) is 50.7 Å². The Hall–Kier alpha value is -4.14. The lowest BCUT2D eigenvalue weighted by molar-refractivity contribution is 0.0951. The second-order valence-electron chi connectivity index (χ2n) is 11.6. The Morgan fingerprint density at radius 1 is 0.864 bits per heavy atom. The van der Waals surface area contributed by atoms with Gasteiger partial charge in [0.05, 0.1) is 23.1 Å². The fraction of sp³-hybridized carbons (Fsp3) is 0.333. The van der Waals surface area contributed by atoms with Gasteiger partial charge >= 0.3 is 0 Å². The van der Waals surface area contributed by atoms with Gasteiger partial charge in [-0.15, -0.1) is 0 Å². The van der Waals surface area contributed by atoms with E-state index in [1.807, 2.05) is 18.2 Å². The zero-order valence-corrected chi connectivity index (χ0v) is 25.1. The molecule has 2 unspecified atom stereocenters. The molecule has 1 saturated heterocycles. The van der Waals surface area contributed by atoms with Gasteiger partial charge in [0.1, 0.15) is 11.6 Å². The second kappa shape index (κ2) is 13.7. The smallest absolute Gasteiger partial charge is 0.251 e. The van der Waals surface area contributed by atoms with Crippen molar-refractivity contribution in [2.45, 2.75) is 25.9 Å². The molecule has 2 aliphatic heterocycles. The predicted molar refractivity (Wildman–Crippen MR) is 173 cm³/mol. The van der Waals surface area contributed by atoms with Gasteiger partial charge < -0.3 is 20.0 Å². The first-order chi connectivity index (χ1) is 21.5. The molecular formula is C36H39F2N5O. The highest BCUT2D eigenvalue weighted by Gasteiger charge is 2.34. The number of allylic oxidation sites excluding steroid dienone is 2. The summed E-state index contributed by atoms with van der Waals surface area (Å²) >= 11 is 0. The molecule has 1 amide bonds. The van der Waals surface area contributed by atoms with Crippen LogP contribution in [0.3, 0.4) is 0 Å². The third-order valence-electron chi connectivity index (χ3n) is 8.86. The van der Waals surface area contributed by atoms with Crippen LogP contribution in [-0.4, -0.2) is 73.3 Å². The zero-order chi connectivity index (χ0) is 30.5. The summed E-state index contributed by atoms with van der Waals surface area (Å²) in [6.45, 7) is 9.88. The zero-order valence-electron chi connectivity index (χ0n) is 25.1. The lowest BCUT2D eigenvalue weighted by Crippen LogP contribution is -2.47. The molecule has 0 radical (unpaired) electrons. The summed E-state index contributed by atoms with van der Waals surface area (Å²) in [6.07, 6.45) is 9.53. The van der Waals surface area contributed by atoms with Crippen LogP contribution >= 0.6 is 0 Å². The minimum Gasteiger partial charge on any atom is -0.362 e. The van der Waals surface area contributed by atoms with E-state index in [2.05, 4.69) is 51.2 Å². The summed E-state index contributed by atoms with van der Waals surface area (Å²) in [7, 11) is 0. The first-order valence-corrected chi connectivity index (χ1v) is 15.6. The van der Waals surface area contributed by atoms with Gasteiger partial charge in [-0.3, -0.25) is 4.79 Å². The Bertz CT molecular complexity index is 1540. The van der Waals surface area contributed by atoms with Crippen molar-refractivity contribution < 1.29 is 13.6 Å². The minimum atomic E-state index is -0.311. The third kappa shape index (κ3) is 6.82. The molecule has 3 aromatic carbocycles. The molecule has 2 heterocycles. The normalized spacial score (nSPS) is 20.1. The first kappa shape index (κ1) is 29.9. The Balaban J connectivity index is 1.29. The maximum absolute atomic E-state index is 13.9. The number of carbonyl (C=O) groups excluding carboxylic acids is 1. The van der Waals surface area contributed by atoms with Gasteiger partial charge in [-0.25, -0.2) is 13.8 Å². The van der Waals surface area contributed by atoms with Gasteiger partial charge in [0.2, 0.25) is 0 Å². The number of nitrogens with zero attached hydrogens (tertiary/aromatic N) is 4. The van der Waals surface area contributed by atoms with Crippen molar-refractivity contribution >= 4 is 23.0 Å². The van der Waals surface area contributed by atoms with Crippen molar-refractivity contribution in [1.29, 1.82) is 0 Å². The van der Waals surface area contributed by atoms with Crippen LogP contribution < -0.4 is 10.2 Å². The molecule has 8 heteroatoms. The number of hydrogen-bond acceptors (Lipinski definition) is 5. The molecular weight excluding hydrogens is 556 g/mol. The SMILES string of the molecule is CCN1CCN(CCCN2c3ccc(C(=O)NCc4ccc(F)cc4)cc3N=C(c3ccc(F)cc3)C3C=CC=CC32)CC1. The van der Waals surface area contributed by atoms with E-state index in [1.165, 1.54) is 24.3 Å². The molecule has 228 valence electrons. The molecule has 0 spiro atoms. The second-order valence-corrected chi connectivity index (χ2v) is 11.6. The number of fused-ring (bicyclic) bond motifs is 2. The Kier molecular flexibility index (Phi) is 9.28. The fourth-order valence-electron chi connectivity index (χ4n) is 6.34. The number of benzene rings is 3. The maximum Gasteiger partial charge on any atom is 0.251 e. The van der Waals surface area contributed by atoms with Gasteiger partial charge in [0, 0.05) is 50.7 Å². The number of hydrogen-bond donors (Lipinski definition) is 1. The number of halogens is 2. The molecule has 0 bridgehead atoms. The number of amides is 1. The summed E-state index contributed by atoms with van der Waals surface area (Å²) in [5.74, 6) is -0.869. The van der Waals surface area contributed by atoms with Crippen LogP contribution in [0, 0.1) is 17.6 Å². The summed E-state index contributed by atoms with van der Waals surface area (Å²) in [5, 5.41) is 2.95. The molecule has 3 aliphatic rings. The largest absolute Gasteiger partial charge is 0.362 e. The van der Waals surface area contributed by atoms with Gasteiger partial charge in [-0.2, -0.15) is 0 Å². The molecule has 1 fully saturated rings. The average molecular weight is 596 g/mol. The topological polar surface area (TPSA) is 51.2 Å². The highest BCUT2D eigenvalue weighted by atomic mass is 19.1. The van der Waals surface area contributed by atoms with E-state index in [1.54, 1.807) is 24.3 Å². The molecule has 3 aromatic rings. The number of rotatable bonds is 9. The van der Waals surface area contributed by atoms with E-state index in [9.17, 15) is 13.6 Å². The summed E-state index contributed by atoms with van der Waals surface area (Å²) in [6, 6.07) is 18.3. The standard InChI is InChI=1S/C36H39F2N5O/c1-2-41-20-22-42(23-21-41)18-5-19-43-33-7-4-3-6-31(33)35(27-10-15-30(38)16-11-27)40-32-24-28(12-17-34(32)43)36(44)39-25-26-8-13-29(37)14-9-26/h3-4,6-17,24,31,33H,2,5,18-23,25H2,1H3,(H,39,44). The van der Waals surface area contributed by atoms with Crippen LogP contribution in [0.5, 0.6) is 0 Å². The summed E-state index contributed by atoms with van der Waals surface area (Å²) in [4.78, 5) is 25.9. The lowest BCUT2D eigenvalue weighted by atomic mass is 9.86. The van der Waals surface area contributed by atoms with Crippen LogP contribution in [0.25, 0.3) is 0 Å². The molecule has 0 aromatic heterocycles. The monoisotopic (exact) mass is 595 g/mol. The number of piperazine rings is 1. The Labute approximate surface area is 258 Å². The van der Waals surface area contributed by atoms with E-state index in [4.69, 9.17) is 4.99 Å². The van der Waals surface area contributed by atoms with E-state index < -0.39 is 0 Å². The number of carbonyl (C=O) groups is 1. The van der Waals surface area contributed by atoms with Gasteiger partial charge in [-0.05, 0) is 73.1 Å². The quantitative estimate of drug-likeness (QED) is 0.331. The molecule has 44 heavy (non-hydrogen) atoms. The third-order valence-corrected chi connectivity index (χ3v) is 8.86. The maximum atomic E-state index is 13.9. The van der Waals surface area contributed by atoms with Crippen LogP contribution in [0.15, 0.2) is 96.0 Å². The van der Waals surface area contributed by atoms with Crippen LogP contribution in [-0.2, 0) is 6.54 Å². The van der Waals surface area contributed by atoms with Crippen LogP contribution in [0.1, 0.15) is 34.8 Å². The van der Waals surface area contributed by atoms with Gasteiger partial charge in [0.15, 0.2) is 0 Å². The molecule has 6 rings (SSSR count). The van der Waals surface area contributed by atoms with Crippen molar-refractivity contribution in [3.05, 3.63) is 119 Å². The number of nitrogens with one attached hydrogen (secondary N) is 1. The molecule has 1 N–H and O–H groups in total. The Morgan fingerprint density at radius 3 is 2.27 bits per heavy atom. The number of anilines is 1. The lowest BCUT2D eigenvalue weighted by Gasteiger charge is -2.37. The summed E-state index contributed by atoms with van der Waals surface area (Å²) < 4.78 is 27.2. The van der Waals surface area contributed by atoms with Crippen molar-refractivity contribution in [3.63, 3.8) is 0 Å². The van der Waals surface area contributed by atoms with Crippen molar-refractivity contribution in [3.8, 4) is 0 Å². The van der Waals surface area contributed by atoms with E-state index in [-0.39, 0.29) is 29.5 Å². The van der Waals surface area contributed by atoms with E-state index >= 15 is 0 Å². The molecule has 1 aliphatic carbocycles. The van der Waals surface area contributed by atoms with Gasteiger partial charge in [0.25, 0.3) is 5.91 Å². The van der Waals surface area contributed by atoms with Crippen molar-refractivity contribution in [2.24, 2.45) is 10.9 Å². The first-order valence-electron chi connectivity index (χ1n) is 15.6. The fourth-order valence-corrected chi connectivity index (χ4v) is 6.34. The molecule has 6 nitrogen and oxygen atoms in total.